The smallest absolute Gasteiger partial charge is 0.298 e. The molecule has 1 heterocycles. The second-order valence-corrected chi connectivity index (χ2v) is 7.39. The molecule has 28 heavy (non-hydrogen) atoms. The van der Waals surface area contributed by atoms with Gasteiger partial charge in [0.2, 0.25) is 0 Å². The van der Waals surface area contributed by atoms with Crippen LogP contribution in [0.15, 0.2) is 47.4 Å². The number of aryl methyl sites for hydroxylation is 1. The van der Waals surface area contributed by atoms with Gasteiger partial charge in [-0.25, -0.2) is 4.90 Å². The summed E-state index contributed by atoms with van der Waals surface area (Å²) in [6, 6.07) is 12.9. The van der Waals surface area contributed by atoms with Crippen molar-refractivity contribution in [2.24, 2.45) is 0 Å². The zero-order chi connectivity index (χ0) is 20.1. The van der Waals surface area contributed by atoms with E-state index in [-0.39, 0.29) is 11.1 Å². The molecule has 0 radical (unpaired) electrons. The summed E-state index contributed by atoms with van der Waals surface area (Å²) in [5, 5.41) is -0.306. The molecule has 0 aliphatic carbocycles. The minimum absolute atomic E-state index is 0.306. The third kappa shape index (κ3) is 4.22. The highest BCUT2D eigenvalue weighted by molar-refractivity contribution is 8.19. The molecule has 1 aliphatic rings. The first-order chi connectivity index (χ1) is 13.6. The molecule has 0 saturated carbocycles. The zero-order valence-corrected chi connectivity index (χ0v) is 17.0. The Kier molecular flexibility index (Phi) is 6.41. The predicted molar refractivity (Wildman–Crippen MR) is 113 cm³/mol. The van der Waals surface area contributed by atoms with E-state index in [0.29, 0.717) is 27.7 Å². The topological polar surface area (TPSA) is 55.8 Å². The Morgan fingerprint density at radius 1 is 1.04 bits per heavy atom. The summed E-state index contributed by atoms with van der Waals surface area (Å²) in [7, 11) is 3.13. The molecule has 0 N–H and O–H groups in total. The van der Waals surface area contributed by atoms with E-state index in [1.54, 1.807) is 38.5 Å². The first-order valence-electron chi connectivity index (χ1n) is 9.16. The lowest BCUT2D eigenvalue weighted by Crippen LogP contribution is -2.27. The van der Waals surface area contributed by atoms with E-state index in [2.05, 4.69) is 6.92 Å². The lowest BCUT2D eigenvalue weighted by molar-refractivity contribution is -0.113. The van der Waals surface area contributed by atoms with Gasteiger partial charge in [0.25, 0.3) is 11.1 Å². The van der Waals surface area contributed by atoms with Gasteiger partial charge in [-0.15, -0.1) is 0 Å². The van der Waals surface area contributed by atoms with Crippen molar-refractivity contribution in [2.75, 3.05) is 19.1 Å². The molecule has 2 amide bonds. The first-order valence-corrected chi connectivity index (χ1v) is 9.98. The molecule has 2 aromatic carbocycles. The number of hydrogen-bond acceptors (Lipinski definition) is 5. The van der Waals surface area contributed by atoms with Crippen LogP contribution in [0.2, 0.25) is 0 Å². The number of amides is 2. The number of nitrogens with zero attached hydrogens (tertiary/aromatic N) is 1. The van der Waals surface area contributed by atoms with Crippen molar-refractivity contribution in [2.45, 2.75) is 26.2 Å². The molecule has 0 unspecified atom stereocenters. The van der Waals surface area contributed by atoms with E-state index in [9.17, 15) is 9.59 Å². The number of unbranched alkanes of at least 4 members (excludes halogenated alkanes) is 1. The number of hydrogen-bond donors (Lipinski definition) is 0. The highest BCUT2D eigenvalue weighted by Crippen LogP contribution is 2.37. The molecule has 146 valence electrons. The van der Waals surface area contributed by atoms with Crippen molar-refractivity contribution >= 4 is 34.7 Å². The predicted octanol–water partition coefficient (Wildman–Crippen LogP) is 5.29. The zero-order valence-electron chi connectivity index (χ0n) is 16.2. The van der Waals surface area contributed by atoms with Crippen molar-refractivity contribution in [3.05, 3.63) is 58.5 Å². The first kappa shape index (κ1) is 20.0. The maximum absolute atomic E-state index is 12.9. The van der Waals surface area contributed by atoms with Crippen molar-refractivity contribution in [3.63, 3.8) is 0 Å². The lowest BCUT2D eigenvalue weighted by Gasteiger charge is -2.13. The second kappa shape index (κ2) is 8.97. The van der Waals surface area contributed by atoms with Crippen LogP contribution in [0.25, 0.3) is 6.08 Å². The average Bonchev–Trinajstić information content (AvgIpc) is 2.99. The summed E-state index contributed by atoms with van der Waals surface area (Å²) in [4.78, 5) is 26.9. The van der Waals surface area contributed by atoms with Crippen molar-refractivity contribution in [1.82, 2.24) is 0 Å². The van der Waals surface area contributed by atoms with E-state index in [1.165, 1.54) is 10.5 Å². The Labute approximate surface area is 169 Å². The highest BCUT2D eigenvalue weighted by Gasteiger charge is 2.36. The number of carbonyl (C=O) groups excluding carboxylic acids is 2. The summed E-state index contributed by atoms with van der Waals surface area (Å²) in [6.07, 6.45) is 4.91. The fraction of sp³-hybridized carbons (Fsp3) is 0.273. The quantitative estimate of drug-likeness (QED) is 0.595. The minimum Gasteiger partial charge on any atom is -0.497 e. The van der Waals surface area contributed by atoms with Gasteiger partial charge in [-0.1, -0.05) is 25.5 Å². The Balaban J connectivity index is 1.87. The molecule has 1 aliphatic heterocycles. The van der Waals surface area contributed by atoms with Gasteiger partial charge in [0.15, 0.2) is 0 Å². The van der Waals surface area contributed by atoms with E-state index in [0.717, 1.165) is 31.0 Å². The van der Waals surface area contributed by atoms with Crippen LogP contribution in [0, 0.1) is 0 Å². The highest BCUT2D eigenvalue weighted by atomic mass is 32.2. The molecule has 1 fully saturated rings. The van der Waals surface area contributed by atoms with Gasteiger partial charge in [0.05, 0.1) is 24.8 Å². The maximum atomic E-state index is 12.9. The molecular formula is C22H23NO4S. The van der Waals surface area contributed by atoms with Crippen LogP contribution in [0.3, 0.4) is 0 Å². The van der Waals surface area contributed by atoms with Crippen molar-refractivity contribution in [1.29, 1.82) is 0 Å². The van der Waals surface area contributed by atoms with Gasteiger partial charge in [-0.2, -0.15) is 0 Å². The van der Waals surface area contributed by atoms with E-state index in [4.69, 9.17) is 9.47 Å². The molecule has 0 bridgehead atoms. The Morgan fingerprint density at radius 2 is 1.79 bits per heavy atom. The van der Waals surface area contributed by atoms with Gasteiger partial charge >= 0.3 is 0 Å². The average molecular weight is 397 g/mol. The van der Waals surface area contributed by atoms with Gasteiger partial charge in [-0.3, -0.25) is 9.59 Å². The summed E-state index contributed by atoms with van der Waals surface area (Å²) < 4.78 is 10.6. The standard InChI is InChI=1S/C22H23NO4S/c1-4-5-6-15-7-9-17(10-8-15)23-21(24)20(28-22(23)25)14-16-13-18(26-2)11-12-19(16)27-3/h7-14H,4-6H2,1-3H3/b20-14-. The summed E-state index contributed by atoms with van der Waals surface area (Å²) >= 11 is 0.924. The van der Waals surface area contributed by atoms with Crippen LogP contribution >= 0.6 is 11.8 Å². The Morgan fingerprint density at radius 3 is 2.43 bits per heavy atom. The molecular weight excluding hydrogens is 374 g/mol. The Hall–Kier alpha value is -2.73. The van der Waals surface area contributed by atoms with Crippen LogP contribution < -0.4 is 14.4 Å². The molecule has 6 heteroatoms. The fourth-order valence-corrected chi connectivity index (χ4v) is 3.81. The number of carbonyl (C=O) groups is 2. The van der Waals surface area contributed by atoms with Crippen LogP contribution in [0.1, 0.15) is 30.9 Å². The SMILES string of the molecule is CCCCc1ccc(N2C(=O)S/C(=C\c3cc(OC)ccc3OC)C2=O)cc1. The van der Waals surface area contributed by atoms with Crippen molar-refractivity contribution < 1.29 is 19.1 Å². The molecule has 5 nitrogen and oxygen atoms in total. The van der Waals surface area contributed by atoms with Gasteiger partial charge in [-0.05, 0) is 66.6 Å². The van der Waals surface area contributed by atoms with Crippen LogP contribution in [-0.2, 0) is 11.2 Å². The molecule has 0 atom stereocenters. The largest absolute Gasteiger partial charge is 0.497 e. The maximum Gasteiger partial charge on any atom is 0.298 e. The lowest BCUT2D eigenvalue weighted by atomic mass is 10.1. The number of rotatable bonds is 7. The number of methoxy groups -OCH3 is 2. The third-order valence-electron chi connectivity index (χ3n) is 4.53. The summed E-state index contributed by atoms with van der Waals surface area (Å²) in [6.45, 7) is 2.15. The summed E-state index contributed by atoms with van der Waals surface area (Å²) in [5.74, 6) is 0.919. The van der Waals surface area contributed by atoms with Gasteiger partial charge < -0.3 is 9.47 Å². The van der Waals surface area contributed by atoms with Crippen LogP contribution in [0.4, 0.5) is 10.5 Å². The number of thioether (sulfide) groups is 1. The fourth-order valence-electron chi connectivity index (χ4n) is 2.98. The monoisotopic (exact) mass is 397 g/mol. The van der Waals surface area contributed by atoms with E-state index < -0.39 is 0 Å². The third-order valence-corrected chi connectivity index (χ3v) is 5.40. The molecule has 0 spiro atoms. The molecule has 1 saturated heterocycles. The molecule has 0 aromatic heterocycles. The van der Waals surface area contributed by atoms with E-state index >= 15 is 0 Å². The normalized spacial score (nSPS) is 15.4. The second-order valence-electron chi connectivity index (χ2n) is 6.40. The number of imide groups is 1. The molecule has 3 rings (SSSR count). The Bertz CT molecular complexity index is 905. The number of ether oxygens (including phenoxy) is 2. The summed E-state index contributed by atoms with van der Waals surface area (Å²) in [5.41, 5.74) is 2.47. The van der Waals surface area contributed by atoms with Gasteiger partial charge in [0, 0.05) is 5.56 Å². The number of anilines is 1. The number of benzene rings is 2. The molecule has 2 aromatic rings. The van der Waals surface area contributed by atoms with Gasteiger partial charge in [0.1, 0.15) is 11.5 Å². The van der Waals surface area contributed by atoms with Crippen LogP contribution in [-0.4, -0.2) is 25.4 Å². The van der Waals surface area contributed by atoms with Crippen molar-refractivity contribution in [3.8, 4) is 11.5 Å². The minimum atomic E-state index is -0.332. The van der Waals surface area contributed by atoms with E-state index in [1.807, 2.05) is 24.3 Å². The van der Waals surface area contributed by atoms with Crippen LogP contribution in [0.5, 0.6) is 11.5 Å².